The van der Waals surface area contributed by atoms with Crippen molar-refractivity contribution in [3.05, 3.63) is 58.1 Å². The first-order valence-electron chi connectivity index (χ1n) is 9.65. The van der Waals surface area contributed by atoms with Crippen molar-refractivity contribution < 1.29 is 32.3 Å². The minimum Gasteiger partial charge on any atom is -0.456 e. The number of carbonyl (C=O) groups is 3. The number of hydrogen-bond donors (Lipinski definition) is 2. The lowest BCUT2D eigenvalue weighted by atomic mass is 10.1. The fourth-order valence-corrected chi connectivity index (χ4v) is 2.97. The first kappa shape index (κ1) is 25.2. The Morgan fingerprint density at radius 1 is 0.969 bits per heavy atom. The van der Waals surface area contributed by atoms with Crippen LogP contribution in [-0.4, -0.2) is 24.4 Å². The van der Waals surface area contributed by atoms with Crippen LogP contribution in [0.3, 0.4) is 0 Å². The molecule has 10 heteroatoms. The number of amides is 2. The topological polar surface area (TPSA) is 84.5 Å². The van der Waals surface area contributed by atoms with Crippen LogP contribution in [0.2, 0.25) is 5.02 Å². The Morgan fingerprint density at radius 2 is 1.62 bits per heavy atom. The van der Waals surface area contributed by atoms with E-state index in [-0.39, 0.29) is 30.0 Å². The van der Waals surface area contributed by atoms with E-state index in [4.69, 9.17) is 16.3 Å². The van der Waals surface area contributed by atoms with Gasteiger partial charge < -0.3 is 15.4 Å². The summed E-state index contributed by atoms with van der Waals surface area (Å²) in [5, 5.41) is 4.94. The van der Waals surface area contributed by atoms with Gasteiger partial charge in [-0.05, 0) is 49.6 Å². The van der Waals surface area contributed by atoms with Gasteiger partial charge in [-0.3, -0.25) is 14.4 Å². The normalized spacial score (nSPS) is 11.1. The van der Waals surface area contributed by atoms with Gasteiger partial charge >= 0.3 is 12.1 Å². The molecule has 0 fully saturated rings. The molecule has 0 aromatic heterocycles. The third kappa shape index (κ3) is 7.56. The zero-order chi connectivity index (χ0) is 23.9. The Labute approximate surface area is 188 Å². The molecule has 0 aliphatic heterocycles. The van der Waals surface area contributed by atoms with Gasteiger partial charge in [0.1, 0.15) is 0 Å². The second-order valence-electron chi connectivity index (χ2n) is 7.07. The van der Waals surface area contributed by atoms with Crippen LogP contribution in [0.1, 0.15) is 36.0 Å². The first-order chi connectivity index (χ1) is 15.0. The number of ether oxygens (including phenoxy) is 1. The summed E-state index contributed by atoms with van der Waals surface area (Å²) in [6.07, 6.45) is -4.77. The van der Waals surface area contributed by atoms with E-state index in [0.717, 1.165) is 29.3 Å². The highest BCUT2D eigenvalue weighted by atomic mass is 35.5. The summed E-state index contributed by atoms with van der Waals surface area (Å²) in [6.45, 7) is 3.21. The standard InChI is InChI=1S/C22H22ClF3N2O4/c1-13-5-3-6-14(2)21(13)28-19(30)12-32-20(31)8-4-7-18(29)27-17-11-15(22(24,25)26)9-10-16(17)23/h3,5-6,9-11H,4,7-8,12H2,1-2H3,(H,27,29)(H,28,30). The minimum absolute atomic E-state index is 0.0411. The summed E-state index contributed by atoms with van der Waals surface area (Å²) < 4.78 is 43.3. The van der Waals surface area contributed by atoms with Gasteiger partial charge in [-0.2, -0.15) is 13.2 Å². The number of benzene rings is 2. The summed E-state index contributed by atoms with van der Waals surface area (Å²) in [7, 11) is 0. The van der Waals surface area contributed by atoms with Crippen LogP contribution in [0.5, 0.6) is 0 Å². The number of carbonyl (C=O) groups excluding carboxylic acids is 3. The number of para-hydroxylation sites is 1. The van der Waals surface area contributed by atoms with E-state index in [2.05, 4.69) is 10.6 Å². The van der Waals surface area contributed by atoms with Gasteiger partial charge in [0.25, 0.3) is 5.91 Å². The first-order valence-corrected chi connectivity index (χ1v) is 10.0. The number of alkyl halides is 3. The van der Waals surface area contributed by atoms with E-state index in [9.17, 15) is 27.6 Å². The zero-order valence-electron chi connectivity index (χ0n) is 17.4. The molecular weight excluding hydrogens is 449 g/mol. The van der Waals surface area contributed by atoms with Gasteiger partial charge in [0.05, 0.1) is 16.3 Å². The summed E-state index contributed by atoms with van der Waals surface area (Å²) in [6, 6.07) is 8.13. The monoisotopic (exact) mass is 470 g/mol. The summed E-state index contributed by atoms with van der Waals surface area (Å²) in [5.41, 5.74) is 1.28. The lowest BCUT2D eigenvalue weighted by Crippen LogP contribution is -2.22. The van der Waals surface area contributed by atoms with E-state index < -0.39 is 36.1 Å². The van der Waals surface area contributed by atoms with Gasteiger partial charge in [-0.15, -0.1) is 0 Å². The Morgan fingerprint density at radius 3 is 2.25 bits per heavy atom. The molecule has 0 unspecified atom stereocenters. The Kier molecular flexibility index (Phi) is 8.65. The molecule has 0 saturated heterocycles. The number of anilines is 2. The smallest absolute Gasteiger partial charge is 0.416 e. The molecule has 0 bridgehead atoms. The van der Waals surface area contributed by atoms with Crippen molar-refractivity contribution in [1.29, 1.82) is 0 Å². The Balaban J connectivity index is 1.75. The van der Waals surface area contributed by atoms with Crippen molar-refractivity contribution in [2.45, 2.75) is 39.3 Å². The molecule has 2 aromatic carbocycles. The molecular formula is C22H22ClF3N2O4. The summed E-state index contributed by atoms with van der Waals surface area (Å²) >= 11 is 5.83. The van der Waals surface area contributed by atoms with Crippen molar-refractivity contribution in [3.63, 3.8) is 0 Å². The van der Waals surface area contributed by atoms with Crippen molar-refractivity contribution in [2.24, 2.45) is 0 Å². The van der Waals surface area contributed by atoms with Gasteiger partial charge in [0, 0.05) is 18.5 Å². The van der Waals surface area contributed by atoms with Crippen LogP contribution in [-0.2, 0) is 25.3 Å². The Hall–Kier alpha value is -3.07. The predicted octanol–water partition coefficient (Wildman–Crippen LogP) is 5.27. The fraction of sp³-hybridized carbons (Fsp3) is 0.318. The van der Waals surface area contributed by atoms with E-state index in [1.807, 2.05) is 32.0 Å². The molecule has 0 atom stereocenters. The molecule has 0 heterocycles. The van der Waals surface area contributed by atoms with Crippen molar-refractivity contribution in [3.8, 4) is 0 Å². The number of nitrogens with one attached hydrogen (secondary N) is 2. The van der Waals surface area contributed by atoms with E-state index in [1.54, 1.807) is 0 Å². The fourth-order valence-electron chi connectivity index (χ4n) is 2.81. The van der Waals surface area contributed by atoms with E-state index in [0.29, 0.717) is 5.69 Å². The summed E-state index contributed by atoms with van der Waals surface area (Å²) in [4.78, 5) is 35.8. The van der Waals surface area contributed by atoms with Crippen LogP contribution in [0.25, 0.3) is 0 Å². The maximum absolute atomic E-state index is 12.8. The van der Waals surface area contributed by atoms with E-state index in [1.165, 1.54) is 0 Å². The largest absolute Gasteiger partial charge is 0.456 e. The highest BCUT2D eigenvalue weighted by Crippen LogP contribution is 2.33. The molecule has 0 aliphatic carbocycles. The van der Waals surface area contributed by atoms with Crippen molar-refractivity contribution in [1.82, 2.24) is 0 Å². The second-order valence-corrected chi connectivity index (χ2v) is 7.48. The zero-order valence-corrected chi connectivity index (χ0v) is 18.2. The maximum Gasteiger partial charge on any atom is 0.416 e. The number of hydrogen-bond acceptors (Lipinski definition) is 4. The van der Waals surface area contributed by atoms with Crippen LogP contribution in [0.4, 0.5) is 24.5 Å². The average Bonchev–Trinajstić information content (AvgIpc) is 2.70. The summed E-state index contributed by atoms with van der Waals surface area (Å²) in [5.74, 6) is -1.77. The second kappa shape index (κ2) is 11.0. The molecule has 6 nitrogen and oxygen atoms in total. The number of halogens is 4. The third-order valence-electron chi connectivity index (χ3n) is 4.46. The highest BCUT2D eigenvalue weighted by molar-refractivity contribution is 6.33. The predicted molar refractivity (Wildman–Crippen MR) is 114 cm³/mol. The number of aryl methyl sites for hydroxylation is 2. The SMILES string of the molecule is Cc1cccc(C)c1NC(=O)COC(=O)CCCC(=O)Nc1cc(C(F)(F)F)ccc1Cl. The number of rotatable bonds is 8. The lowest BCUT2D eigenvalue weighted by Gasteiger charge is -2.12. The van der Waals surface area contributed by atoms with Crippen LogP contribution in [0, 0.1) is 13.8 Å². The molecule has 32 heavy (non-hydrogen) atoms. The quantitative estimate of drug-likeness (QED) is 0.515. The van der Waals surface area contributed by atoms with Gasteiger partial charge in [-0.25, -0.2) is 0 Å². The minimum atomic E-state index is -4.57. The van der Waals surface area contributed by atoms with Crippen LogP contribution < -0.4 is 10.6 Å². The number of esters is 1. The average molecular weight is 471 g/mol. The van der Waals surface area contributed by atoms with Gasteiger partial charge in [0.2, 0.25) is 5.91 Å². The molecule has 0 radical (unpaired) electrons. The van der Waals surface area contributed by atoms with E-state index >= 15 is 0 Å². The molecule has 0 aliphatic rings. The molecule has 2 N–H and O–H groups in total. The molecule has 2 rings (SSSR count). The van der Waals surface area contributed by atoms with Crippen LogP contribution >= 0.6 is 11.6 Å². The van der Waals surface area contributed by atoms with Crippen molar-refractivity contribution >= 4 is 40.8 Å². The van der Waals surface area contributed by atoms with Gasteiger partial charge in [0.15, 0.2) is 6.61 Å². The maximum atomic E-state index is 12.8. The van der Waals surface area contributed by atoms with Crippen molar-refractivity contribution in [2.75, 3.05) is 17.2 Å². The lowest BCUT2D eigenvalue weighted by molar-refractivity contribution is -0.147. The molecule has 2 amide bonds. The highest BCUT2D eigenvalue weighted by Gasteiger charge is 2.31. The molecule has 0 spiro atoms. The Bertz CT molecular complexity index is 989. The molecule has 2 aromatic rings. The third-order valence-corrected chi connectivity index (χ3v) is 4.79. The molecule has 172 valence electrons. The van der Waals surface area contributed by atoms with Crippen LogP contribution in [0.15, 0.2) is 36.4 Å². The molecule has 0 saturated carbocycles. The van der Waals surface area contributed by atoms with Gasteiger partial charge in [-0.1, -0.05) is 29.8 Å².